The van der Waals surface area contributed by atoms with Crippen LogP contribution in [0.4, 0.5) is 0 Å². The Hall–Kier alpha value is -1.06. The van der Waals surface area contributed by atoms with Crippen LogP contribution in [-0.4, -0.2) is 35.6 Å². The highest BCUT2D eigenvalue weighted by molar-refractivity contribution is 5.32. The van der Waals surface area contributed by atoms with E-state index in [1.54, 1.807) is 0 Å². The zero-order chi connectivity index (χ0) is 31.5. The summed E-state index contributed by atoms with van der Waals surface area (Å²) in [5.74, 6) is -6.46. The molecule has 0 aromatic heterocycles. The van der Waals surface area contributed by atoms with Crippen LogP contribution in [0.3, 0.4) is 0 Å². The van der Waals surface area contributed by atoms with Crippen LogP contribution in [0.2, 0.25) is 0 Å². The molecule has 3 nitrogen and oxygen atoms in total. The lowest BCUT2D eigenvalue weighted by atomic mass is 9.71. The maximum absolute atomic E-state index is 12.0. The SMILES string of the molecule is [2H]c1c([2H])c(O)c([2H])c([C@]2(O)C([2H])([2H])C([2H])([2H])C([2H])([2H])C([2H])([2H])[C@@]2([2H])C([2H])([2H])N(C([2H])([2H])[2H])C([2H])([2H])[2H])c1[2H]. The fourth-order valence-electron chi connectivity index (χ4n) is 1.29. The molecule has 1 saturated carbocycles. The quantitative estimate of drug-likeness (QED) is 0.886. The minimum atomic E-state index is -4.86. The monoisotopic (exact) mass is 270 g/mol. The Morgan fingerprint density at radius 1 is 1.67 bits per heavy atom. The number of rotatable bonds is 3. The van der Waals surface area contributed by atoms with Gasteiger partial charge in [-0.3, -0.25) is 0 Å². The van der Waals surface area contributed by atoms with Gasteiger partial charge in [-0.05, 0) is 44.3 Å². The fourth-order valence-corrected chi connectivity index (χ4v) is 1.29. The van der Waals surface area contributed by atoms with Crippen molar-refractivity contribution in [3.8, 4) is 5.75 Å². The molecule has 0 spiro atoms. The van der Waals surface area contributed by atoms with E-state index in [4.69, 9.17) is 28.8 Å². The van der Waals surface area contributed by atoms with E-state index < -0.39 is 97.8 Å². The summed E-state index contributed by atoms with van der Waals surface area (Å²) in [7, 11) is 0. The molecule has 2 atom stereocenters. The van der Waals surface area contributed by atoms with Gasteiger partial charge in [0.05, 0.1) is 11.1 Å². The summed E-state index contributed by atoms with van der Waals surface area (Å²) in [6, 6.07) is -6.03. The van der Waals surface area contributed by atoms with E-state index >= 15 is 0 Å². The molecule has 0 unspecified atom stereocenters. The first-order valence-electron chi connectivity index (χ1n) is 15.1. The molecule has 1 aromatic rings. The smallest absolute Gasteiger partial charge is 0.115 e. The van der Waals surface area contributed by atoms with Gasteiger partial charge in [0.1, 0.15) is 5.75 Å². The molecule has 0 saturated heterocycles. The molecular formula is C15H23NO2. The van der Waals surface area contributed by atoms with E-state index in [0.717, 1.165) is 0 Å². The van der Waals surface area contributed by atoms with Crippen LogP contribution < -0.4 is 0 Å². The van der Waals surface area contributed by atoms with Gasteiger partial charge in [0.2, 0.25) is 0 Å². The maximum atomic E-state index is 12.0. The van der Waals surface area contributed by atoms with Gasteiger partial charge in [-0.15, -0.1) is 0 Å². The van der Waals surface area contributed by atoms with Gasteiger partial charge in [0.15, 0.2) is 0 Å². The number of aliphatic hydroxyl groups is 1. The minimum absolute atomic E-state index is 1.11. The number of phenols is 1. The van der Waals surface area contributed by atoms with Crippen LogP contribution in [-0.2, 0) is 5.60 Å². The second kappa shape index (κ2) is 5.29. The van der Waals surface area contributed by atoms with Crippen LogP contribution in [0, 0.1) is 5.89 Å². The molecule has 0 radical (unpaired) electrons. The Bertz CT molecular complexity index is 1130. The third-order valence-corrected chi connectivity index (χ3v) is 2.05. The predicted octanol–water partition coefficient (Wildman–Crippen LogP) is 2.33. The molecule has 0 aliphatic heterocycles. The fraction of sp³-hybridized carbons (Fsp3) is 0.600. The number of phenolic OH excluding ortho intramolecular Hbond substituents is 1. The number of hydrogen-bond acceptors (Lipinski definition) is 3. The summed E-state index contributed by atoms with van der Waals surface area (Å²) in [4.78, 5) is -1.11. The first kappa shape index (κ1) is 2.84. The van der Waals surface area contributed by atoms with Crippen molar-refractivity contribution in [2.24, 2.45) is 5.89 Å². The van der Waals surface area contributed by atoms with Gasteiger partial charge in [-0.2, -0.15) is 0 Å². The van der Waals surface area contributed by atoms with Crippen molar-refractivity contribution in [2.45, 2.75) is 31.1 Å². The molecule has 0 bridgehead atoms. The number of nitrogens with zero attached hydrogens (tertiary/aromatic N) is 1. The summed E-state index contributed by atoms with van der Waals surface area (Å²) in [6.07, 6.45) is -17.8. The lowest BCUT2D eigenvalue weighted by molar-refractivity contribution is -0.0619. The lowest BCUT2D eigenvalue weighted by Crippen LogP contribution is -2.43. The first-order valence-corrected chi connectivity index (χ1v) is 4.62. The molecule has 1 aliphatic carbocycles. The van der Waals surface area contributed by atoms with Crippen molar-refractivity contribution >= 4 is 0 Å². The van der Waals surface area contributed by atoms with E-state index in [9.17, 15) is 10.2 Å². The van der Waals surface area contributed by atoms with Gasteiger partial charge in [0.25, 0.3) is 0 Å². The maximum Gasteiger partial charge on any atom is 0.115 e. The van der Waals surface area contributed by atoms with Crippen molar-refractivity contribution in [1.82, 2.24) is 4.90 Å². The van der Waals surface area contributed by atoms with Crippen molar-refractivity contribution in [3.63, 3.8) is 0 Å². The molecule has 3 heteroatoms. The molecule has 1 aliphatic rings. The van der Waals surface area contributed by atoms with Gasteiger partial charge in [-0.25, -0.2) is 0 Å². The van der Waals surface area contributed by atoms with Crippen LogP contribution in [0.1, 0.15) is 59.8 Å². The third kappa shape index (κ3) is 2.68. The average Bonchev–Trinajstić information content (AvgIpc) is 2.71. The Labute approximate surface area is 139 Å². The number of benzene rings is 1. The van der Waals surface area contributed by atoms with Gasteiger partial charge >= 0.3 is 0 Å². The first-order chi connectivity index (χ1) is 16.8. The molecule has 1 aromatic carbocycles. The predicted molar refractivity (Wildman–Crippen MR) is 72.5 cm³/mol. The van der Waals surface area contributed by atoms with Gasteiger partial charge in [0, 0.05) is 35.7 Å². The normalized spacial score (nSPS) is 63.1. The molecule has 0 amide bonds. The van der Waals surface area contributed by atoms with E-state index in [2.05, 4.69) is 0 Å². The highest BCUT2D eigenvalue weighted by Crippen LogP contribution is 2.42. The third-order valence-electron chi connectivity index (χ3n) is 2.05. The largest absolute Gasteiger partial charge is 0.508 e. The summed E-state index contributed by atoms with van der Waals surface area (Å²) < 4.78 is 169. The minimum Gasteiger partial charge on any atom is -0.508 e. The zero-order valence-corrected chi connectivity index (χ0v) is 8.84. The topological polar surface area (TPSA) is 43.7 Å². The summed E-state index contributed by atoms with van der Waals surface area (Å²) in [5, 5.41) is 22.2. The van der Waals surface area contributed by atoms with Gasteiger partial charge in [-0.1, -0.05) is 24.8 Å². The average molecular weight is 270 g/mol. The van der Waals surface area contributed by atoms with Crippen LogP contribution >= 0.6 is 0 Å². The highest BCUT2D eigenvalue weighted by atomic mass is 16.3. The summed E-state index contributed by atoms with van der Waals surface area (Å²) in [6.45, 7) is -13.0. The van der Waals surface area contributed by atoms with Crippen molar-refractivity contribution < 1.29 is 39.0 Å². The van der Waals surface area contributed by atoms with Crippen LogP contribution in [0.5, 0.6) is 5.75 Å². The Balaban J connectivity index is 3.44. The van der Waals surface area contributed by atoms with E-state index in [1.165, 1.54) is 0 Å². The molecular weight excluding hydrogens is 226 g/mol. The molecule has 100 valence electrons. The van der Waals surface area contributed by atoms with Crippen molar-refractivity contribution in [2.75, 3.05) is 20.4 Å². The lowest BCUT2D eigenvalue weighted by Gasteiger charge is -2.41. The molecule has 2 N–H and O–H groups in total. The van der Waals surface area contributed by atoms with E-state index in [-0.39, 0.29) is 0 Å². The Morgan fingerprint density at radius 3 is 3.28 bits per heavy atom. The zero-order valence-electron chi connectivity index (χ0n) is 29.8. The summed E-state index contributed by atoms with van der Waals surface area (Å²) >= 11 is 0. The number of hydrogen-bond donors (Lipinski definition) is 2. The second-order valence-electron chi connectivity index (χ2n) is 3.26. The molecule has 18 heavy (non-hydrogen) atoms. The number of aromatic hydroxyl groups is 1. The van der Waals surface area contributed by atoms with E-state index in [0.29, 0.717) is 0 Å². The van der Waals surface area contributed by atoms with Crippen LogP contribution in [0.15, 0.2) is 24.2 Å². The second-order valence-corrected chi connectivity index (χ2v) is 3.26. The summed E-state index contributed by atoms with van der Waals surface area (Å²) in [5.41, 5.74) is -6.63. The van der Waals surface area contributed by atoms with Crippen molar-refractivity contribution in [1.29, 1.82) is 0 Å². The highest BCUT2D eigenvalue weighted by Gasteiger charge is 2.40. The Kier molecular flexibility index (Phi) is 0.834. The Morgan fingerprint density at radius 2 is 2.50 bits per heavy atom. The van der Waals surface area contributed by atoms with Gasteiger partial charge < -0.3 is 15.1 Å². The standard InChI is InChI=1S/C15H23NO2/c1-16(2)11-13-6-3-4-9-15(13,18)12-7-5-8-14(17)10-12/h5,7-8,10,13,17-18H,3-4,6,9,11H2,1-2H3/t13-,15+/m0/s1/i1D3,2D3,3D2,4D2,5D,6D2,7D,8D,9D2,10D,11D2,13D. The van der Waals surface area contributed by atoms with E-state index in [1.807, 2.05) is 0 Å². The molecule has 0 heterocycles. The molecule has 2 rings (SSSR count). The van der Waals surface area contributed by atoms with Crippen LogP contribution in [0.25, 0.3) is 0 Å². The van der Waals surface area contributed by atoms with Crippen molar-refractivity contribution in [3.05, 3.63) is 29.7 Å². The molecule has 1 fully saturated rings.